The van der Waals surface area contributed by atoms with Crippen LogP contribution < -0.4 is 5.32 Å². The number of benzene rings is 1. The summed E-state index contributed by atoms with van der Waals surface area (Å²) >= 11 is 0. The van der Waals surface area contributed by atoms with Crippen molar-refractivity contribution in [3.8, 4) is 12.1 Å². The van der Waals surface area contributed by atoms with Crippen molar-refractivity contribution in [3.05, 3.63) is 41.5 Å². The van der Waals surface area contributed by atoms with Gasteiger partial charge >= 0.3 is 0 Å². The Balaban J connectivity index is 2.43. The first-order valence-corrected chi connectivity index (χ1v) is 6.45. The van der Waals surface area contributed by atoms with Crippen LogP contribution in [-0.4, -0.2) is 11.8 Å². The van der Waals surface area contributed by atoms with Crippen LogP contribution in [0.3, 0.4) is 0 Å². The summed E-state index contributed by atoms with van der Waals surface area (Å²) in [5, 5.41) is 20.5. The summed E-state index contributed by atoms with van der Waals surface area (Å²) in [7, 11) is 0. The summed E-state index contributed by atoms with van der Waals surface area (Å²) < 4.78 is 0. The highest BCUT2D eigenvalue weighted by atomic mass is 16.2. The van der Waals surface area contributed by atoms with E-state index >= 15 is 0 Å². The van der Waals surface area contributed by atoms with Crippen molar-refractivity contribution in [1.82, 2.24) is 5.32 Å². The van der Waals surface area contributed by atoms with E-state index in [1.54, 1.807) is 13.0 Å². The van der Waals surface area contributed by atoms with Crippen molar-refractivity contribution in [2.45, 2.75) is 6.92 Å². The van der Waals surface area contributed by atoms with E-state index in [0.717, 1.165) is 5.56 Å². The summed E-state index contributed by atoms with van der Waals surface area (Å²) in [5.41, 5.74) is 1.56. The summed E-state index contributed by atoms with van der Waals surface area (Å²) in [5.74, 6) is -4.07. The number of nitrogens with one attached hydrogen (secondary N) is 1. The number of carbonyl (C=O) groups excluding carboxylic acids is 2. The number of amides is 2. The van der Waals surface area contributed by atoms with Crippen LogP contribution in [0.25, 0.3) is 6.08 Å². The summed E-state index contributed by atoms with van der Waals surface area (Å²) in [6.07, 6.45) is 1.80. The minimum absolute atomic E-state index is 0.639. The molecule has 0 radical (unpaired) electrons. The Morgan fingerprint density at radius 2 is 1.62 bits per heavy atom. The number of allylic oxidation sites excluding steroid dienone is 1. The van der Waals surface area contributed by atoms with Gasteiger partial charge in [-0.3, -0.25) is 14.9 Å². The molecular formula is C16H13N3O2. The number of imide groups is 1. The normalized spacial score (nSPS) is 23.1. The Bertz CT molecular complexity index is 648. The SMILES string of the molecule is C/C(=C/c1ccccc1)C1[C@@H](C#N)C(=O)NC(=O)[C@@H]1C#N. The Morgan fingerprint density at radius 1 is 1.10 bits per heavy atom. The Kier molecular flexibility index (Phi) is 4.15. The van der Waals surface area contributed by atoms with Gasteiger partial charge in [-0.1, -0.05) is 42.0 Å². The third kappa shape index (κ3) is 2.82. The van der Waals surface area contributed by atoms with Gasteiger partial charge in [0.1, 0.15) is 11.8 Å². The van der Waals surface area contributed by atoms with Gasteiger partial charge in [-0.25, -0.2) is 0 Å². The van der Waals surface area contributed by atoms with Crippen molar-refractivity contribution < 1.29 is 9.59 Å². The van der Waals surface area contributed by atoms with Gasteiger partial charge in [-0.15, -0.1) is 0 Å². The highest BCUT2D eigenvalue weighted by molar-refractivity contribution is 6.02. The second kappa shape index (κ2) is 6.02. The topological polar surface area (TPSA) is 93.8 Å². The largest absolute Gasteiger partial charge is 0.294 e. The molecule has 2 atom stereocenters. The maximum absolute atomic E-state index is 11.8. The molecule has 21 heavy (non-hydrogen) atoms. The van der Waals surface area contributed by atoms with Crippen molar-refractivity contribution in [1.29, 1.82) is 10.5 Å². The van der Waals surface area contributed by atoms with Crippen molar-refractivity contribution >= 4 is 17.9 Å². The molecule has 5 nitrogen and oxygen atoms in total. The van der Waals surface area contributed by atoms with Crippen molar-refractivity contribution in [2.75, 3.05) is 0 Å². The van der Waals surface area contributed by atoms with Crippen LogP contribution in [-0.2, 0) is 9.59 Å². The van der Waals surface area contributed by atoms with E-state index in [4.69, 9.17) is 0 Å². The molecule has 0 aromatic heterocycles. The van der Waals surface area contributed by atoms with E-state index in [1.807, 2.05) is 42.5 Å². The fraction of sp³-hybridized carbons (Fsp3) is 0.250. The molecule has 1 aliphatic heterocycles. The molecule has 1 aromatic rings. The second-order valence-electron chi connectivity index (χ2n) is 4.89. The quantitative estimate of drug-likeness (QED) is 0.833. The number of nitrogens with zero attached hydrogens (tertiary/aromatic N) is 2. The van der Waals surface area contributed by atoms with E-state index < -0.39 is 29.6 Å². The van der Waals surface area contributed by atoms with Gasteiger partial charge in [-0.05, 0) is 12.5 Å². The summed E-state index contributed by atoms with van der Waals surface area (Å²) in [6.45, 7) is 1.73. The number of hydrogen-bond acceptors (Lipinski definition) is 4. The van der Waals surface area contributed by atoms with Gasteiger partial charge in [0.15, 0.2) is 0 Å². The zero-order valence-electron chi connectivity index (χ0n) is 11.4. The van der Waals surface area contributed by atoms with E-state index in [1.165, 1.54) is 0 Å². The summed E-state index contributed by atoms with van der Waals surface area (Å²) in [4.78, 5) is 23.5. The molecule has 0 saturated carbocycles. The van der Waals surface area contributed by atoms with Crippen LogP contribution in [0.15, 0.2) is 35.9 Å². The molecule has 1 aliphatic rings. The van der Waals surface area contributed by atoms with Crippen LogP contribution >= 0.6 is 0 Å². The molecule has 5 heteroatoms. The van der Waals surface area contributed by atoms with E-state index in [9.17, 15) is 20.1 Å². The van der Waals surface area contributed by atoms with Crippen molar-refractivity contribution in [3.63, 3.8) is 0 Å². The highest BCUT2D eigenvalue weighted by Gasteiger charge is 2.45. The van der Waals surface area contributed by atoms with E-state index in [2.05, 4.69) is 5.32 Å². The summed E-state index contributed by atoms with van der Waals surface area (Å²) in [6, 6.07) is 13.1. The lowest BCUT2D eigenvalue weighted by Gasteiger charge is -2.30. The first-order valence-electron chi connectivity index (χ1n) is 6.45. The Morgan fingerprint density at radius 3 is 2.10 bits per heavy atom. The van der Waals surface area contributed by atoms with Crippen LogP contribution in [0.1, 0.15) is 12.5 Å². The number of hydrogen-bond donors (Lipinski definition) is 1. The third-order valence-electron chi connectivity index (χ3n) is 3.53. The average Bonchev–Trinajstić information content (AvgIpc) is 2.47. The predicted octanol–water partition coefficient (Wildman–Crippen LogP) is 1.64. The first-order chi connectivity index (χ1) is 10.1. The minimum atomic E-state index is -1.03. The van der Waals surface area contributed by atoms with Crippen LogP contribution in [0.5, 0.6) is 0 Å². The first kappa shape index (κ1) is 14.5. The lowest BCUT2D eigenvalue weighted by molar-refractivity contribution is -0.138. The molecule has 0 spiro atoms. The molecule has 2 amide bonds. The van der Waals surface area contributed by atoms with Gasteiger partial charge in [0.2, 0.25) is 11.8 Å². The van der Waals surface area contributed by atoms with Gasteiger partial charge in [0.05, 0.1) is 12.1 Å². The molecule has 1 aromatic carbocycles. The fourth-order valence-electron chi connectivity index (χ4n) is 2.51. The van der Waals surface area contributed by atoms with Gasteiger partial charge < -0.3 is 0 Å². The third-order valence-corrected chi connectivity index (χ3v) is 3.53. The molecule has 1 saturated heterocycles. The van der Waals surface area contributed by atoms with E-state index in [0.29, 0.717) is 5.57 Å². The highest BCUT2D eigenvalue weighted by Crippen LogP contribution is 2.33. The van der Waals surface area contributed by atoms with Gasteiger partial charge in [0.25, 0.3) is 0 Å². The molecule has 0 unspecified atom stereocenters. The molecule has 0 bridgehead atoms. The van der Waals surface area contributed by atoms with Gasteiger partial charge in [0, 0.05) is 5.92 Å². The molecular weight excluding hydrogens is 266 g/mol. The Labute approximate surface area is 122 Å². The van der Waals surface area contributed by atoms with E-state index in [-0.39, 0.29) is 0 Å². The standard InChI is InChI=1S/C16H13N3O2/c1-10(7-11-5-3-2-4-6-11)14-12(8-17)15(20)19-16(21)13(14)9-18/h2-7,12-14H,1H3,(H,19,20,21)/b10-7-/t12-,13-/m1/s1. The zero-order chi connectivity index (χ0) is 15.4. The number of piperidine rings is 1. The van der Waals surface area contributed by atoms with Gasteiger partial charge in [-0.2, -0.15) is 10.5 Å². The second-order valence-corrected chi connectivity index (χ2v) is 4.89. The molecule has 1 heterocycles. The number of carbonyl (C=O) groups is 2. The van der Waals surface area contributed by atoms with Crippen LogP contribution in [0.4, 0.5) is 0 Å². The lowest BCUT2D eigenvalue weighted by Crippen LogP contribution is -2.51. The Hall–Kier alpha value is -2.92. The molecule has 0 aliphatic carbocycles. The number of rotatable bonds is 2. The van der Waals surface area contributed by atoms with Crippen molar-refractivity contribution in [2.24, 2.45) is 17.8 Å². The molecule has 2 rings (SSSR count). The average molecular weight is 279 g/mol. The maximum Gasteiger partial charge on any atom is 0.244 e. The number of nitriles is 2. The van der Waals surface area contributed by atoms with Crippen LogP contribution in [0.2, 0.25) is 0 Å². The monoisotopic (exact) mass is 279 g/mol. The smallest absolute Gasteiger partial charge is 0.244 e. The lowest BCUT2D eigenvalue weighted by atomic mass is 9.74. The molecule has 1 fully saturated rings. The zero-order valence-corrected chi connectivity index (χ0v) is 11.4. The molecule has 1 N–H and O–H groups in total. The fourth-order valence-corrected chi connectivity index (χ4v) is 2.51. The minimum Gasteiger partial charge on any atom is -0.294 e. The maximum atomic E-state index is 11.8. The molecule has 104 valence electrons. The van der Waals surface area contributed by atoms with Crippen LogP contribution in [0, 0.1) is 40.4 Å². The predicted molar refractivity (Wildman–Crippen MR) is 74.9 cm³/mol.